The van der Waals surface area contributed by atoms with E-state index >= 15 is 0 Å². The molecule has 0 saturated carbocycles. The van der Waals surface area contributed by atoms with Gasteiger partial charge in [-0.3, -0.25) is 9.36 Å². The Labute approximate surface area is 155 Å². The maximum Gasteiger partial charge on any atom is 0.263 e. The first-order valence-electron chi connectivity index (χ1n) is 8.33. The maximum atomic E-state index is 13.2. The summed E-state index contributed by atoms with van der Waals surface area (Å²) in [7, 11) is 1.64. The van der Waals surface area contributed by atoms with Crippen molar-refractivity contribution in [3.05, 3.63) is 81.7 Å². The van der Waals surface area contributed by atoms with Gasteiger partial charge in [0, 0.05) is 16.5 Å². The third-order valence-corrected chi connectivity index (χ3v) is 5.31. The van der Waals surface area contributed by atoms with E-state index in [0.29, 0.717) is 11.9 Å². The molecule has 0 unspecified atom stereocenters. The Balaban J connectivity index is 1.84. The largest absolute Gasteiger partial charge is 0.496 e. The minimum Gasteiger partial charge on any atom is -0.496 e. The second-order valence-corrected chi connectivity index (χ2v) is 7.05. The van der Waals surface area contributed by atoms with Gasteiger partial charge in [0.2, 0.25) is 0 Å². The fourth-order valence-corrected chi connectivity index (χ4v) is 4.03. The predicted molar refractivity (Wildman–Crippen MR) is 106 cm³/mol. The molecule has 0 N–H and O–H groups in total. The summed E-state index contributed by atoms with van der Waals surface area (Å²) in [5.74, 6) is 0.774. The van der Waals surface area contributed by atoms with Crippen LogP contribution in [-0.2, 0) is 6.54 Å². The molecule has 0 atom stereocenters. The second kappa shape index (κ2) is 6.77. The fraction of sp³-hybridized carbons (Fsp3) is 0.143. The standard InChI is InChI=1S/C21H18N2O2S/c1-14-8-9-18(25-2)16(10-14)11-23-13-22-20-19(21(23)24)17(12-26-20)15-6-4-3-5-7-15/h3-10,12-13H,11H2,1-2H3. The van der Waals surface area contributed by atoms with Crippen molar-refractivity contribution >= 4 is 21.6 Å². The van der Waals surface area contributed by atoms with E-state index < -0.39 is 0 Å². The quantitative estimate of drug-likeness (QED) is 0.537. The highest BCUT2D eigenvalue weighted by Crippen LogP contribution is 2.30. The topological polar surface area (TPSA) is 44.1 Å². The summed E-state index contributed by atoms with van der Waals surface area (Å²) in [5, 5.41) is 2.68. The number of fused-ring (bicyclic) bond motifs is 1. The van der Waals surface area contributed by atoms with E-state index in [1.807, 2.05) is 60.8 Å². The zero-order valence-corrected chi connectivity index (χ0v) is 15.4. The molecule has 5 heteroatoms. The van der Waals surface area contributed by atoms with E-state index in [4.69, 9.17) is 4.74 Å². The molecule has 0 radical (unpaired) electrons. The van der Waals surface area contributed by atoms with Crippen LogP contribution in [0.25, 0.3) is 21.3 Å². The highest BCUT2D eigenvalue weighted by molar-refractivity contribution is 7.17. The summed E-state index contributed by atoms with van der Waals surface area (Å²) in [5.41, 5.74) is 4.03. The number of hydrogen-bond donors (Lipinski definition) is 0. The number of thiophene rings is 1. The van der Waals surface area contributed by atoms with Gasteiger partial charge in [-0.25, -0.2) is 4.98 Å². The first-order valence-corrected chi connectivity index (χ1v) is 9.21. The molecule has 4 rings (SSSR count). The van der Waals surface area contributed by atoms with Gasteiger partial charge in [-0.05, 0) is 18.6 Å². The SMILES string of the molecule is COc1ccc(C)cc1Cn1cnc2scc(-c3ccccc3)c2c1=O. The summed E-state index contributed by atoms with van der Waals surface area (Å²) in [6.45, 7) is 2.45. The maximum absolute atomic E-state index is 13.2. The Morgan fingerprint density at radius 1 is 1.15 bits per heavy atom. The van der Waals surface area contributed by atoms with Gasteiger partial charge in [-0.1, -0.05) is 48.0 Å². The molecule has 2 aromatic heterocycles. The number of hydrogen-bond acceptors (Lipinski definition) is 4. The van der Waals surface area contributed by atoms with Crippen LogP contribution >= 0.6 is 11.3 Å². The minimum atomic E-state index is -0.0290. The summed E-state index contributed by atoms with van der Waals surface area (Å²) >= 11 is 1.50. The fourth-order valence-electron chi connectivity index (χ4n) is 3.12. The van der Waals surface area contributed by atoms with E-state index in [1.165, 1.54) is 11.3 Å². The molecule has 130 valence electrons. The van der Waals surface area contributed by atoms with Crippen LogP contribution in [0.2, 0.25) is 0 Å². The van der Waals surface area contributed by atoms with Crippen molar-refractivity contribution in [1.29, 1.82) is 0 Å². The normalized spacial score (nSPS) is 11.0. The minimum absolute atomic E-state index is 0.0290. The van der Waals surface area contributed by atoms with Crippen molar-refractivity contribution in [3.8, 4) is 16.9 Å². The van der Waals surface area contributed by atoms with Crippen molar-refractivity contribution in [1.82, 2.24) is 9.55 Å². The smallest absolute Gasteiger partial charge is 0.263 e. The Kier molecular flexibility index (Phi) is 4.31. The molecular formula is C21H18N2O2S. The van der Waals surface area contributed by atoms with Crippen LogP contribution in [0.1, 0.15) is 11.1 Å². The average molecular weight is 362 g/mol. The van der Waals surface area contributed by atoms with Crippen molar-refractivity contribution < 1.29 is 4.74 Å². The molecule has 0 aliphatic heterocycles. The lowest BCUT2D eigenvalue weighted by Crippen LogP contribution is -2.21. The van der Waals surface area contributed by atoms with Gasteiger partial charge >= 0.3 is 0 Å². The molecule has 0 bridgehead atoms. The van der Waals surface area contributed by atoms with Crippen molar-refractivity contribution in [2.45, 2.75) is 13.5 Å². The number of rotatable bonds is 4. The van der Waals surface area contributed by atoms with Gasteiger partial charge in [0.25, 0.3) is 5.56 Å². The van der Waals surface area contributed by atoms with Crippen LogP contribution < -0.4 is 10.3 Å². The summed E-state index contributed by atoms with van der Waals surface area (Å²) in [4.78, 5) is 18.4. The van der Waals surface area contributed by atoms with Gasteiger partial charge < -0.3 is 4.74 Å². The molecular weight excluding hydrogens is 344 g/mol. The van der Waals surface area contributed by atoms with Gasteiger partial charge in [0.15, 0.2) is 0 Å². The Morgan fingerprint density at radius 2 is 1.96 bits per heavy atom. The number of nitrogens with zero attached hydrogens (tertiary/aromatic N) is 2. The van der Waals surface area contributed by atoms with Gasteiger partial charge in [-0.2, -0.15) is 0 Å². The van der Waals surface area contributed by atoms with Crippen LogP contribution in [0.15, 0.2) is 65.0 Å². The molecule has 4 aromatic rings. The van der Waals surface area contributed by atoms with E-state index in [2.05, 4.69) is 4.98 Å². The van der Waals surface area contributed by atoms with Crippen LogP contribution in [0.3, 0.4) is 0 Å². The van der Waals surface area contributed by atoms with Gasteiger partial charge in [-0.15, -0.1) is 11.3 Å². The Hall–Kier alpha value is -2.92. The third kappa shape index (κ3) is 2.91. The van der Waals surface area contributed by atoms with Crippen LogP contribution in [0.4, 0.5) is 0 Å². The van der Waals surface area contributed by atoms with E-state index in [1.54, 1.807) is 18.0 Å². The average Bonchev–Trinajstić information content (AvgIpc) is 3.10. The van der Waals surface area contributed by atoms with Crippen LogP contribution in [-0.4, -0.2) is 16.7 Å². The monoisotopic (exact) mass is 362 g/mol. The van der Waals surface area contributed by atoms with E-state index in [-0.39, 0.29) is 5.56 Å². The molecule has 0 saturated heterocycles. The van der Waals surface area contributed by atoms with Crippen LogP contribution in [0.5, 0.6) is 5.75 Å². The Morgan fingerprint density at radius 3 is 2.73 bits per heavy atom. The lowest BCUT2D eigenvalue weighted by Gasteiger charge is -2.11. The lowest BCUT2D eigenvalue weighted by atomic mass is 10.1. The summed E-state index contributed by atoms with van der Waals surface area (Å²) in [6.07, 6.45) is 1.62. The van der Waals surface area contributed by atoms with E-state index in [0.717, 1.165) is 32.8 Å². The number of aryl methyl sites for hydroxylation is 1. The zero-order chi connectivity index (χ0) is 18.1. The summed E-state index contributed by atoms with van der Waals surface area (Å²) < 4.78 is 7.10. The number of benzene rings is 2. The third-order valence-electron chi connectivity index (χ3n) is 4.42. The first kappa shape index (κ1) is 16.5. The first-order chi connectivity index (χ1) is 12.7. The second-order valence-electron chi connectivity index (χ2n) is 6.19. The number of methoxy groups -OCH3 is 1. The molecule has 2 aromatic carbocycles. The molecule has 0 amide bonds. The summed E-state index contributed by atoms with van der Waals surface area (Å²) in [6, 6.07) is 15.9. The lowest BCUT2D eigenvalue weighted by molar-refractivity contribution is 0.408. The molecule has 2 heterocycles. The highest BCUT2D eigenvalue weighted by atomic mass is 32.1. The highest BCUT2D eigenvalue weighted by Gasteiger charge is 2.14. The molecule has 26 heavy (non-hydrogen) atoms. The zero-order valence-electron chi connectivity index (χ0n) is 14.6. The Bertz CT molecular complexity index is 1130. The molecule has 0 spiro atoms. The predicted octanol–water partition coefficient (Wildman–Crippen LogP) is 4.49. The van der Waals surface area contributed by atoms with Crippen molar-refractivity contribution in [2.75, 3.05) is 7.11 Å². The number of aromatic nitrogens is 2. The van der Waals surface area contributed by atoms with E-state index in [9.17, 15) is 4.79 Å². The van der Waals surface area contributed by atoms with Gasteiger partial charge in [0.05, 0.1) is 25.4 Å². The van der Waals surface area contributed by atoms with Gasteiger partial charge in [0.1, 0.15) is 10.6 Å². The molecule has 0 aliphatic carbocycles. The molecule has 0 aliphatic rings. The van der Waals surface area contributed by atoms with Crippen molar-refractivity contribution in [2.24, 2.45) is 0 Å². The van der Waals surface area contributed by atoms with Crippen molar-refractivity contribution in [3.63, 3.8) is 0 Å². The number of ether oxygens (including phenoxy) is 1. The molecule has 0 fully saturated rings. The molecule has 4 nitrogen and oxygen atoms in total. The van der Waals surface area contributed by atoms with Crippen LogP contribution in [0, 0.1) is 6.92 Å².